The van der Waals surface area contributed by atoms with Crippen molar-refractivity contribution in [3.05, 3.63) is 69.6 Å². The first kappa shape index (κ1) is 16.7. The molecule has 1 amide bonds. The molecule has 4 atom stereocenters. The van der Waals surface area contributed by atoms with Gasteiger partial charge in [-0.1, -0.05) is 30.3 Å². The van der Waals surface area contributed by atoms with Crippen LogP contribution in [0.15, 0.2) is 47.3 Å². The van der Waals surface area contributed by atoms with Crippen LogP contribution in [0.2, 0.25) is 0 Å². The van der Waals surface area contributed by atoms with Crippen molar-refractivity contribution in [1.29, 1.82) is 0 Å². The van der Waals surface area contributed by atoms with Crippen molar-refractivity contribution in [2.45, 2.75) is 37.5 Å². The Morgan fingerprint density at radius 2 is 1.89 bits per heavy atom. The van der Waals surface area contributed by atoms with E-state index < -0.39 is 6.04 Å². The summed E-state index contributed by atoms with van der Waals surface area (Å²) in [5.74, 6) is -0.189. The Labute approximate surface area is 157 Å². The molecule has 1 aromatic heterocycles. The maximum atomic E-state index is 13.0. The van der Waals surface area contributed by atoms with Gasteiger partial charge in [0.15, 0.2) is 0 Å². The molecule has 3 heterocycles. The fourth-order valence-corrected chi connectivity index (χ4v) is 5.16. The fraction of sp³-hybridized carbons (Fsp3) is 0.429. The van der Waals surface area contributed by atoms with Gasteiger partial charge in [0.05, 0.1) is 12.1 Å². The number of hydrogen-bond donors (Lipinski definition) is 3. The number of carbonyl (C=O) groups excluding carboxylic acids is 1. The highest BCUT2D eigenvalue weighted by Gasteiger charge is 2.50. The maximum Gasteiger partial charge on any atom is 0.250 e. The van der Waals surface area contributed by atoms with Gasteiger partial charge in [-0.15, -0.1) is 0 Å². The van der Waals surface area contributed by atoms with Crippen molar-refractivity contribution in [2.24, 2.45) is 11.8 Å². The standard InChI is InChI=1S/C21H23N3O3/c25-11-16-15-10-24-17(6-3-7-18(24)26)19(15)23-20(16)21(27)22-14-8-12-4-1-2-5-13(12)9-14/h1-7,14-16,19-20,23,25H,8-11H2,(H,22,27)/t15-,16-,19+,20-/m1/s1. The number of nitrogens with one attached hydrogen (secondary N) is 2. The Morgan fingerprint density at radius 3 is 2.59 bits per heavy atom. The molecule has 0 unspecified atom stereocenters. The SMILES string of the molecule is O=C(NC1Cc2ccccc2C1)[C@@H]1N[C@@H]2c3cccc(=O)n3C[C@@H]2[C@H]1CO. The van der Waals surface area contributed by atoms with Crippen molar-refractivity contribution >= 4 is 5.91 Å². The Bertz CT molecular complexity index is 929. The van der Waals surface area contributed by atoms with Gasteiger partial charge in [-0.2, -0.15) is 0 Å². The number of amides is 1. The van der Waals surface area contributed by atoms with Gasteiger partial charge in [0.1, 0.15) is 0 Å². The van der Waals surface area contributed by atoms with Gasteiger partial charge in [0, 0.05) is 42.8 Å². The Balaban J connectivity index is 1.33. The smallest absolute Gasteiger partial charge is 0.250 e. The van der Waals surface area contributed by atoms with E-state index in [2.05, 4.69) is 22.8 Å². The molecule has 3 N–H and O–H groups in total. The number of carbonyl (C=O) groups is 1. The zero-order valence-electron chi connectivity index (χ0n) is 15.0. The van der Waals surface area contributed by atoms with Crippen LogP contribution in [-0.2, 0) is 24.2 Å². The molecule has 1 aromatic carbocycles. The minimum absolute atomic E-state index is 0.0230. The first-order valence-corrected chi connectivity index (χ1v) is 9.59. The molecular formula is C21H23N3O3. The van der Waals surface area contributed by atoms with E-state index in [9.17, 15) is 14.7 Å². The van der Waals surface area contributed by atoms with Gasteiger partial charge in [-0.3, -0.25) is 14.9 Å². The molecule has 0 radical (unpaired) electrons. The molecule has 5 rings (SSSR count). The van der Waals surface area contributed by atoms with Gasteiger partial charge in [-0.25, -0.2) is 0 Å². The zero-order chi connectivity index (χ0) is 18.5. The largest absolute Gasteiger partial charge is 0.396 e. The summed E-state index contributed by atoms with van der Waals surface area (Å²) in [7, 11) is 0. The predicted octanol–water partition coefficient (Wildman–Crippen LogP) is 0.383. The lowest BCUT2D eigenvalue weighted by Crippen LogP contribution is -2.49. The topological polar surface area (TPSA) is 83.4 Å². The second-order valence-electron chi connectivity index (χ2n) is 7.91. The predicted molar refractivity (Wildman–Crippen MR) is 100 cm³/mol. The van der Waals surface area contributed by atoms with Gasteiger partial charge >= 0.3 is 0 Å². The second-order valence-corrected chi connectivity index (χ2v) is 7.91. The number of benzene rings is 1. The minimum atomic E-state index is -0.433. The van der Waals surface area contributed by atoms with E-state index in [4.69, 9.17) is 0 Å². The first-order chi connectivity index (χ1) is 13.2. The molecule has 6 heteroatoms. The third kappa shape index (κ3) is 2.63. The molecule has 0 saturated carbocycles. The fourth-order valence-electron chi connectivity index (χ4n) is 5.16. The molecule has 3 aliphatic rings. The van der Waals surface area contributed by atoms with Gasteiger partial charge in [0.25, 0.3) is 5.56 Å². The maximum absolute atomic E-state index is 13.0. The Kier molecular flexibility index (Phi) is 3.91. The summed E-state index contributed by atoms with van der Waals surface area (Å²) in [6.07, 6.45) is 1.70. The number of aliphatic hydroxyl groups excluding tert-OH is 1. The number of aliphatic hydroxyl groups is 1. The number of rotatable bonds is 3. The summed E-state index contributed by atoms with van der Waals surface area (Å²) in [6.45, 7) is 0.483. The third-order valence-electron chi connectivity index (χ3n) is 6.45. The molecule has 1 aliphatic carbocycles. The summed E-state index contributed by atoms with van der Waals surface area (Å²) in [6, 6.07) is 13.2. The summed E-state index contributed by atoms with van der Waals surface area (Å²) in [5.41, 5.74) is 3.48. The molecular weight excluding hydrogens is 342 g/mol. The van der Waals surface area contributed by atoms with Crippen molar-refractivity contribution in [1.82, 2.24) is 15.2 Å². The summed E-state index contributed by atoms with van der Waals surface area (Å²) < 4.78 is 1.76. The highest BCUT2D eigenvalue weighted by Crippen LogP contribution is 2.42. The van der Waals surface area contributed by atoms with Crippen LogP contribution in [0.5, 0.6) is 0 Å². The van der Waals surface area contributed by atoms with Gasteiger partial charge < -0.3 is 15.0 Å². The van der Waals surface area contributed by atoms with Crippen LogP contribution in [0, 0.1) is 11.8 Å². The average molecular weight is 365 g/mol. The van der Waals surface area contributed by atoms with Crippen LogP contribution in [-0.4, -0.2) is 34.3 Å². The summed E-state index contributed by atoms with van der Waals surface area (Å²) in [5, 5.41) is 16.6. The lowest BCUT2D eigenvalue weighted by Gasteiger charge is -2.23. The van der Waals surface area contributed by atoms with Crippen LogP contribution in [0.1, 0.15) is 22.9 Å². The highest BCUT2D eigenvalue weighted by atomic mass is 16.3. The minimum Gasteiger partial charge on any atom is -0.396 e. The van der Waals surface area contributed by atoms with Crippen LogP contribution in [0.4, 0.5) is 0 Å². The molecule has 1 fully saturated rings. The number of aromatic nitrogens is 1. The molecule has 6 nitrogen and oxygen atoms in total. The lowest BCUT2D eigenvalue weighted by atomic mass is 9.88. The van der Waals surface area contributed by atoms with E-state index in [0.29, 0.717) is 6.54 Å². The van der Waals surface area contributed by atoms with Gasteiger partial charge in [-0.05, 0) is 30.0 Å². The van der Waals surface area contributed by atoms with E-state index in [1.807, 2.05) is 18.2 Å². The monoisotopic (exact) mass is 365 g/mol. The molecule has 0 bridgehead atoms. The normalized spacial score (nSPS) is 28.6. The Morgan fingerprint density at radius 1 is 1.15 bits per heavy atom. The quantitative estimate of drug-likeness (QED) is 0.735. The van der Waals surface area contributed by atoms with Crippen LogP contribution in [0.3, 0.4) is 0 Å². The third-order valence-corrected chi connectivity index (χ3v) is 6.45. The van der Waals surface area contributed by atoms with Crippen LogP contribution < -0.4 is 16.2 Å². The zero-order valence-corrected chi connectivity index (χ0v) is 15.0. The average Bonchev–Trinajstić information content (AvgIpc) is 3.32. The van der Waals surface area contributed by atoms with Gasteiger partial charge in [0.2, 0.25) is 5.91 Å². The number of nitrogens with zero attached hydrogens (tertiary/aromatic N) is 1. The molecule has 0 spiro atoms. The van der Waals surface area contributed by atoms with Crippen molar-refractivity contribution in [3.63, 3.8) is 0 Å². The molecule has 2 aliphatic heterocycles. The van der Waals surface area contributed by atoms with E-state index in [0.717, 1.165) is 18.5 Å². The molecule has 27 heavy (non-hydrogen) atoms. The van der Waals surface area contributed by atoms with E-state index >= 15 is 0 Å². The second kappa shape index (κ2) is 6.32. The van der Waals surface area contributed by atoms with Crippen LogP contribution >= 0.6 is 0 Å². The van der Waals surface area contributed by atoms with Crippen LogP contribution in [0.25, 0.3) is 0 Å². The van der Waals surface area contributed by atoms with Crippen molar-refractivity contribution in [3.8, 4) is 0 Å². The molecule has 1 saturated heterocycles. The van der Waals surface area contributed by atoms with E-state index in [1.165, 1.54) is 11.1 Å². The molecule has 2 aromatic rings. The molecule has 140 valence electrons. The summed E-state index contributed by atoms with van der Waals surface area (Å²) >= 11 is 0. The first-order valence-electron chi connectivity index (χ1n) is 9.59. The van der Waals surface area contributed by atoms with E-state index in [-0.39, 0.29) is 42.0 Å². The number of hydrogen-bond acceptors (Lipinski definition) is 4. The number of fused-ring (bicyclic) bond motifs is 4. The highest BCUT2D eigenvalue weighted by molar-refractivity contribution is 5.83. The van der Waals surface area contributed by atoms with Crippen molar-refractivity contribution < 1.29 is 9.90 Å². The number of pyridine rings is 1. The van der Waals surface area contributed by atoms with Crippen molar-refractivity contribution in [2.75, 3.05) is 6.61 Å². The lowest BCUT2D eigenvalue weighted by molar-refractivity contribution is -0.125. The van der Waals surface area contributed by atoms with E-state index in [1.54, 1.807) is 16.7 Å². The summed E-state index contributed by atoms with van der Waals surface area (Å²) in [4.78, 5) is 25.1. The Hall–Kier alpha value is -2.44.